The molecule has 24 heavy (non-hydrogen) atoms. The lowest BCUT2D eigenvalue weighted by atomic mass is 9.97. The molecule has 2 aromatic rings. The van der Waals surface area contributed by atoms with Crippen molar-refractivity contribution in [2.24, 2.45) is 0 Å². The molecule has 2 rings (SSSR count). The van der Waals surface area contributed by atoms with Gasteiger partial charge in [0, 0.05) is 5.56 Å². The number of allylic oxidation sites excluding steroid dienone is 2. The second-order valence-corrected chi connectivity index (χ2v) is 5.40. The smallest absolute Gasteiger partial charge is 0.340 e. The number of benzene rings is 1. The van der Waals surface area contributed by atoms with Crippen molar-refractivity contribution in [3.05, 3.63) is 52.8 Å². The van der Waals surface area contributed by atoms with Crippen molar-refractivity contribution in [1.29, 1.82) is 0 Å². The standard InChI is InChI=1S/C18H19NO5/c1-11(2)4-7-14-15(23-3)8-12(16(17(14)20)18(21)22)5-6-13-9-19-10-24-13/h4-6,8-10,20H,7H2,1-3H3,(H,21,22)/b6-5+. The molecule has 1 aromatic carbocycles. The molecule has 1 heterocycles. The van der Waals surface area contributed by atoms with E-state index in [9.17, 15) is 15.0 Å². The van der Waals surface area contributed by atoms with E-state index in [1.807, 2.05) is 19.9 Å². The highest BCUT2D eigenvalue weighted by atomic mass is 16.5. The molecule has 0 aliphatic rings. The average Bonchev–Trinajstić information content (AvgIpc) is 3.03. The lowest BCUT2D eigenvalue weighted by molar-refractivity contribution is 0.0693. The maximum absolute atomic E-state index is 11.6. The number of aromatic hydroxyl groups is 1. The summed E-state index contributed by atoms with van der Waals surface area (Å²) in [6, 6.07) is 1.59. The Morgan fingerprint density at radius 2 is 2.12 bits per heavy atom. The Labute approximate surface area is 139 Å². The summed E-state index contributed by atoms with van der Waals surface area (Å²) in [6.45, 7) is 3.85. The van der Waals surface area contributed by atoms with Gasteiger partial charge in [-0.3, -0.25) is 0 Å². The lowest BCUT2D eigenvalue weighted by Gasteiger charge is -2.14. The first-order valence-corrected chi connectivity index (χ1v) is 7.30. The number of carboxylic acids is 1. The number of carbonyl (C=O) groups is 1. The quantitative estimate of drug-likeness (QED) is 0.784. The molecule has 6 nitrogen and oxygen atoms in total. The average molecular weight is 329 g/mol. The fraction of sp³-hybridized carbons (Fsp3) is 0.222. The number of hydrogen-bond donors (Lipinski definition) is 2. The van der Waals surface area contributed by atoms with E-state index < -0.39 is 5.97 Å². The van der Waals surface area contributed by atoms with Gasteiger partial charge in [0.15, 0.2) is 6.39 Å². The third-order valence-electron chi connectivity index (χ3n) is 3.42. The highest BCUT2D eigenvalue weighted by Crippen LogP contribution is 2.36. The molecule has 126 valence electrons. The molecule has 0 amide bonds. The van der Waals surface area contributed by atoms with Crippen molar-refractivity contribution in [1.82, 2.24) is 4.98 Å². The highest BCUT2D eigenvalue weighted by molar-refractivity contribution is 5.97. The molecule has 6 heteroatoms. The lowest BCUT2D eigenvalue weighted by Crippen LogP contribution is -2.04. The predicted octanol–water partition coefficient (Wildman–Crippen LogP) is 3.77. The van der Waals surface area contributed by atoms with Crippen molar-refractivity contribution in [3.8, 4) is 11.5 Å². The number of carboxylic acid groups (broad SMARTS) is 1. The number of ether oxygens (including phenoxy) is 1. The second-order valence-electron chi connectivity index (χ2n) is 5.40. The van der Waals surface area contributed by atoms with Crippen molar-refractivity contribution < 1.29 is 24.2 Å². The van der Waals surface area contributed by atoms with Gasteiger partial charge in [-0.1, -0.05) is 17.7 Å². The number of rotatable bonds is 6. The summed E-state index contributed by atoms with van der Waals surface area (Å²) < 4.78 is 10.4. The fourth-order valence-corrected chi connectivity index (χ4v) is 2.23. The number of aromatic carboxylic acids is 1. The topological polar surface area (TPSA) is 92.8 Å². The van der Waals surface area contributed by atoms with E-state index >= 15 is 0 Å². The summed E-state index contributed by atoms with van der Waals surface area (Å²) in [5, 5.41) is 19.9. The minimum atomic E-state index is -1.22. The Kier molecular flexibility index (Phi) is 5.42. The fourth-order valence-electron chi connectivity index (χ4n) is 2.23. The maximum Gasteiger partial charge on any atom is 0.340 e. The first-order valence-electron chi connectivity index (χ1n) is 7.30. The Bertz CT molecular complexity index is 784. The van der Waals surface area contributed by atoms with E-state index in [4.69, 9.17) is 9.15 Å². The van der Waals surface area contributed by atoms with Crippen LogP contribution in [0.1, 0.15) is 41.1 Å². The molecule has 0 unspecified atom stereocenters. The highest BCUT2D eigenvalue weighted by Gasteiger charge is 2.21. The van der Waals surface area contributed by atoms with Crippen LogP contribution >= 0.6 is 0 Å². The largest absolute Gasteiger partial charge is 0.507 e. The SMILES string of the molecule is COc1cc(/C=C/c2cnco2)c(C(=O)O)c(O)c1CC=C(C)C. The van der Waals surface area contributed by atoms with Crippen LogP contribution in [0.3, 0.4) is 0 Å². The van der Waals surface area contributed by atoms with E-state index in [2.05, 4.69) is 4.98 Å². The van der Waals surface area contributed by atoms with Crippen molar-refractivity contribution in [2.75, 3.05) is 7.11 Å². The molecule has 1 aromatic heterocycles. The van der Waals surface area contributed by atoms with Gasteiger partial charge in [0.1, 0.15) is 22.8 Å². The summed E-state index contributed by atoms with van der Waals surface area (Å²) in [5.74, 6) is -0.618. The van der Waals surface area contributed by atoms with Crippen LogP contribution in [0.2, 0.25) is 0 Å². The summed E-state index contributed by atoms with van der Waals surface area (Å²) in [5.41, 5.74) is 1.63. The molecule has 0 atom stereocenters. The number of aromatic nitrogens is 1. The van der Waals surface area contributed by atoms with Crippen LogP contribution in [-0.4, -0.2) is 28.3 Å². The molecule has 0 saturated carbocycles. The summed E-state index contributed by atoms with van der Waals surface area (Å²) >= 11 is 0. The number of methoxy groups -OCH3 is 1. The number of hydrogen-bond acceptors (Lipinski definition) is 5. The van der Waals surface area contributed by atoms with Gasteiger partial charge < -0.3 is 19.4 Å². The van der Waals surface area contributed by atoms with Crippen LogP contribution in [0, 0.1) is 0 Å². The molecular weight excluding hydrogens is 310 g/mol. The van der Waals surface area contributed by atoms with Gasteiger partial charge in [-0.2, -0.15) is 0 Å². The molecule has 0 spiro atoms. The Morgan fingerprint density at radius 3 is 2.67 bits per heavy atom. The summed E-state index contributed by atoms with van der Waals surface area (Å²) in [4.78, 5) is 15.4. The Morgan fingerprint density at radius 1 is 1.38 bits per heavy atom. The molecular formula is C18H19NO5. The van der Waals surface area contributed by atoms with Gasteiger partial charge >= 0.3 is 5.97 Å². The van der Waals surface area contributed by atoms with E-state index in [1.54, 1.807) is 12.1 Å². The predicted molar refractivity (Wildman–Crippen MR) is 90.2 cm³/mol. The molecule has 0 radical (unpaired) electrons. The van der Waals surface area contributed by atoms with Crippen LogP contribution in [0.4, 0.5) is 0 Å². The van der Waals surface area contributed by atoms with Crippen molar-refractivity contribution in [3.63, 3.8) is 0 Å². The van der Waals surface area contributed by atoms with Crippen LogP contribution in [0.25, 0.3) is 12.2 Å². The van der Waals surface area contributed by atoms with Gasteiger partial charge in [-0.05, 0) is 38.0 Å². The molecule has 0 aliphatic heterocycles. The second kappa shape index (κ2) is 7.50. The normalized spacial score (nSPS) is 10.8. The number of phenols is 1. The zero-order valence-electron chi connectivity index (χ0n) is 13.7. The maximum atomic E-state index is 11.6. The van der Waals surface area contributed by atoms with Crippen LogP contribution in [0.5, 0.6) is 11.5 Å². The third kappa shape index (κ3) is 3.84. The zero-order chi connectivity index (χ0) is 17.7. The first kappa shape index (κ1) is 17.3. The Hall–Kier alpha value is -3.02. The molecule has 0 fully saturated rings. The Balaban J connectivity index is 2.56. The molecule has 0 bridgehead atoms. The van der Waals surface area contributed by atoms with E-state index in [1.165, 1.54) is 25.8 Å². The number of oxazole rings is 1. The van der Waals surface area contributed by atoms with Gasteiger partial charge in [-0.15, -0.1) is 0 Å². The van der Waals surface area contributed by atoms with Crippen molar-refractivity contribution in [2.45, 2.75) is 20.3 Å². The van der Waals surface area contributed by atoms with Gasteiger partial charge in [0.2, 0.25) is 0 Å². The molecule has 0 saturated heterocycles. The summed E-state index contributed by atoms with van der Waals surface area (Å²) in [7, 11) is 1.48. The van der Waals surface area contributed by atoms with Crippen molar-refractivity contribution >= 4 is 18.1 Å². The van der Waals surface area contributed by atoms with Gasteiger partial charge in [0.25, 0.3) is 0 Å². The zero-order valence-corrected chi connectivity index (χ0v) is 13.7. The minimum absolute atomic E-state index is 0.177. The van der Waals surface area contributed by atoms with E-state index in [0.717, 1.165) is 5.57 Å². The third-order valence-corrected chi connectivity index (χ3v) is 3.42. The molecule has 2 N–H and O–H groups in total. The first-order chi connectivity index (χ1) is 11.4. The monoisotopic (exact) mass is 329 g/mol. The molecule has 0 aliphatic carbocycles. The minimum Gasteiger partial charge on any atom is -0.507 e. The number of nitrogens with zero attached hydrogens (tertiary/aromatic N) is 1. The van der Waals surface area contributed by atoms with E-state index in [-0.39, 0.29) is 11.3 Å². The van der Waals surface area contributed by atoms with Crippen LogP contribution in [0.15, 0.2) is 34.7 Å². The summed E-state index contributed by atoms with van der Waals surface area (Å²) in [6.07, 6.45) is 8.16. The van der Waals surface area contributed by atoms with E-state index in [0.29, 0.717) is 29.1 Å². The van der Waals surface area contributed by atoms with Crippen LogP contribution in [-0.2, 0) is 6.42 Å². The van der Waals surface area contributed by atoms with Gasteiger partial charge in [-0.25, -0.2) is 9.78 Å². The van der Waals surface area contributed by atoms with Gasteiger partial charge in [0.05, 0.1) is 13.3 Å². The van der Waals surface area contributed by atoms with Crippen LogP contribution < -0.4 is 4.74 Å².